The van der Waals surface area contributed by atoms with E-state index in [1.807, 2.05) is 0 Å². The molecular weight excluding hydrogens is 308 g/mol. The molecule has 134 valence electrons. The predicted octanol–water partition coefficient (Wildman–Crippen LogP) is 4.76. The zero-order valence-electron chi connectivity index (χ0n) is 15.4. The van der Waals surface area contributed by atoms with E-state index in [4.69, 9.17) is 0 Å². The van der Waals surface area contributed by atoms with Gasteiger partial charge in [0, 0.05) is 42.5 Å². The third-order valence-corrected chi connectivity index (χ3v) is 6.26. The third kappa shape index (κ3) is 3.61. The number of nitrogens with one attached hydrogen (secondary N) is 1. The molecule has 0 atom stereocenters. The number of aryl methyl sites for hydroxylation is 1. The van der Waals surface area contributed by atoms with E-state index in [1.165, 1.54) is 59.8 Å². The minimum absolute atomic E-state index is 0.371. The van der Waals surface area contributed by atoms with Crippen LogP contribution >= 0.6 is 0 Å². The standard InChI is InChI=1S/C22H30N2O/c1-16-7-9-20-19(15-16)18-11-13-24(14-12-21(18)23-20)22(25)10-8-17-5-3-2-4-6-17/h7,9,15,17,23H,2-6,8,10-14H2,1H3. The molecule has 0 bridgehead atoms. The van der Waals surface area contributed by atoms with Gasteiger partial charge in [-0.3, -0.25) is 4.79 Å². The molecule has 1 aromatic carbocycles. The number of hydrogen-bond donors (Lipinski definition) is 1. The molecule has 1 aromatic heterocycles. The minimum Gasteiger partial charge on any atom is -0.358 e. The van der Waals surface area contributed by atoms with E-state index < -0.39 is 0 Å². The first-order chi connectivity index (χ1) is 12.2. The number of rotatable bonds is 3. The van der Waals surface area contributed by atoms with E-state index in [1.54, 1.807) is 0 Å². The number of carbonyl (C=O) groups excluding carboxylic acids is 1. The van der Waals surface area contributed by atoms with Crippen LogP contribution in [0.1, 0.15) is 61.8 Å². The summed E-state index contributed by atoms with van der Waals surface area (Å²) in [5.74, 6) is 1.17. The molecule has 2 heterocycles. The van der Waals surface area contributed by atoms with Gasteiger partial charge in [-0.25, -0.2) is 0 Å². The molecule has 1 fully saturated rings. The summed E-state index contributed by atoms with van der Waals surface area (Å²) in [4.78, 5) is 18.4. The van der Waals surface area contributed by atoms with Crippen LogP contribution in [0.2, 0.25) is 0 Å². The van der Waals surface area contributed by atoms with Crippen molar-refractivity contribution in [2.24, 2.45) is 5.92 Å². The summed E-state index contributed by atoms with van der Waals surface area (Å²) in [6, 6.07) is 6.64. The Morgan fingerprint density at radius 2 is 1.96 bits per heavy atom. The number of amides is 1. The van der Waals surface area contributed by atoms with E-state index in [-0.39, 0.29) is 0 Å². The van der Waals surface area contributed by atoms with Crippen molar-refractivity contribution in [2.75, 3.05) is 13.1 Å². The summed E-state index contributed by atoms with van der Waals surface area (Å²) in [6.45, 7) is 3.89. The van der Waals surface area contributed by atoms with Gasteiger partial charge in [-0.05, 0) is 43.4 Å². The molecule has 0 radical (unpaired) electrons. The maximum Gasteiger partial charge on any atom is 0.222 e. The molecule has 0 spiro atoms. The van der Waals surface area contributed by atoms with Gasteiger partial charge < -0.3 is 9.88 Å². The highest BCUT2D eigenvalue weighted by molar-refractivity contribution is 5.85. The van der Waals surface area contributed by atoms with Gasteiger partial charge >= 0.3 is 0 Å². The summed E-state index contributed by atoms with van der Waals surface area (Å²) in [5, 5.41) is 1.35. The predicted molar refractivity (Wildman–Crippen MR) is 103 cm³/mol. The van der Waals surface area contributed by atoms with E-state index >= 15 is 0 Å². The fraction of sp³-hybridized carbons (Fsp3) is 0.591. The van der Waals surface area contributed by atoms with E-state index in [0.29, 0.717) is 5.91 Å². The van der Waals surface area contributed by atoms with E-state index in [0.717, 1.165) is 44.7 Å². The molecule has 3 nitrogen and oxygen atoms in total. The van der Waals surface area contributed by atoms with Gasteiger partial charge in [-0.2, -0.15) is 0 Å². The molecule has 2 aliphatic rings. The molecule has 2 aromatic rings. The Hall–Kier alpha value is -1.77. The van der Waals surface area contributed by atoms with Crippen molar-refractivity contribution in [2.45, 2.75) is 64.7 Å². The number of aromatic nitrogens is 1. The van der Waals surface area contributed by atoms with E-state index in [9.17, 15) is 4.79 Å². The number of benzene rings is 1. The summed E-state index contributed by atoms with van der Waals surface area (Å²) in [7, 11) is 0. The Balaban J connectivity index is 1.39. The van der Waals surface area contributed by atoms with Gasteiger partial charge in [-0.1, -0.05) is 43.7 Å². The van der Waals surface area contributed by atoms with Crippen molar-refractivity contribution in [3.63, 3.8) is 0 Å². The van der Waals surface area contributed by atoms with Crippen LogP contribution in [0.3, 0.4) is 0 Å². The van der Waals surface area contributed by atoms with Crippen LogP contribution in [0.25, 0.3) is 10.9 Å². The lowest BCUT2D eigenvalue weighted by Crippen LogP contribution is -2.33. The number of hydrogen-bond acceptors (Lipinski definition) is 1. The van der Waals surface area contributed by atoms with Crippen molar-refractivity contribution in [1.29, 1.82) is 0 Å². The van der Waals surface area contributed by atoms with Crippen LogP contribution in [-0.4, -0.2) is 28.9 Å². The molecule has 4 rings (SSSR count). The highest BCUT2D eigenvalue weighted by Gasteiger charge is 2.22. The number of nitrogens with zero attached hydrogens (tertiary/aromatic N) is 1. The highest BCUT2D eigenvalue weighted by atomic mass is 16.2. The first-order valence-electron chi connectivity index (χ1n) is 10.1. The van der Waals surface area contributed by atoms with Crippen LogP contribution in [-0.2, 0) is 17.6 Å². The Kier molecular flexibility index (Phi) is 4.82. The molecule has 1 amide bonds. The van der Waals surface area contributed by atoms with Crippen LogP contribution in [0.15, 0.2) is 18.2 Å². The molecule has 0 unspecified atom stereocenters. The Morgan fingerprint density at radius 3 is 2.80 bits per heavy atom. The second-order valence-electron chi connectivity index (χ2n) is 8.05. The number of fused-ring (bicyclic) bond motifs is 3. The zero-order valence-corrected chi connectivity index (χ0v) is 15.4. The molecule has 0 saturated heterocycles. The fourth-order valence-electron chi connectivity index (χ4n) is 4.73. The first kappa shape index (κ1) is 16.7. The molecular formula is C22H30N2O. The van der Waals surface area contributed by atoms with Crippen molar-refractivity contribution in [3.8, 4) is 0 Å². The summed E-state index contributed by atoms with van der Waals surface area (Å²) in [5.41, 5.74) is 5.32. The highest BCUT2D eigenvalue weighted by Crippen LogP contribution is 2.29. The Labute approximate surface area is 150 Å². The summed E-state index contributed by atoms with van der Waals surface area (Å²) >= 11 is 0. The van der Waals surface area contributed by atoms with Crippen molar-refractivity contribution in [3.05, 3.63) is 35.0 Å². The zero-order chi connectivity index (χ0) is 17.2. The van der Waals surface area contributed by atoms with Crippen LogP contribution in [0.5, 0.6) is 0 Å². The smallest absolute Gasteiger partial charge is 0.222 e. The molecule has 1 aliphatic carbocycles. The topological polar surface area (TPSA) is 36.1 Å². The average molecular weight is 338 g/mol. The van der Waals surface area contributed by atoms with Crippen LogP contribution < -0.4 is 0 Å². The van der Waals surface area contributed by atoms with Crippen molar-refractivity contribution in [1.82, 2.24) is 9.88 Å². The molecule has 3 heteroatoms. The lowest BCUT2D eigenvalue weighted by molar-refractivity contribution is -0.131. The molecule has 1 saturated carbocycles. The maximum absolute atomic E-state index is 12.7. The third-order valence-electron chi connectivity index (χ3n) is 6.26. The second kappa shape index (κ2) is 7.23. The van der Waals surface area contributed by atoms with Gasteiger partial charge in [0.15, 0.2) is 0 Å². The quantitative estimate of drug-likeness (QED) is 0.860. The van der Waals surface area contributed by atoms with Crippen LogP contribution in [0, 0.1) is 12.8 Å². The largest absolute Gasteiger partial charge is 0.358 e. The van der Waals surface area contributed by atoms with Crippen molar-refractivity contribution < 1.29 is 4.79 Å². The van der Waals surface area contributed by atoms with Crippen LogP contribution in [0.4, 0.5) is 0 Å². The number of carbonyl (C=O) groups is 1. The number of H-pyrrole nitrogens is 1. The maximum atomic E-state index is 12.7. The van der Waals surface area contributed by atoms with Gasteiger partial charge in [0.05, 0.1) is 0 Å². The monoisotopic (exact) mass is 338 g/mol. The van der Waals surface area contributed by atoms with Gasteiger partial charge in [-0.15, -0.1) is 0 Å². The minimum atomic E-state index is 0.371. The van der Waals surface area contributed by atoms with Gasteiger partial charge in [0.1, 0.15) is 0 Å². The normalized spacial score (nSPS) is 19.0. The SMILES string of the molecule is Cc1ccc2[nH]c3c(c2c1)CCN(C(=O)CCC1CCCCC1)CC3. The number of aromatic amines is 1. The second-order valence-corrected chi connectivity index (χ2v) is 8.05. The fourth-order valence-corrected chi connectivity index (χ4v) is 4.73. The molecule has 1 aliphatic heterocycles. The average Bonchev–Trinajstić information content (AvgIpc) is 2.83. The molecule has 25 heavy (non-hydrogen) atoms. The lowest BCUT2D eigenvalue weighted by atomic mass is 9.86. The Morgan fingerprint density at radius 1 is 1.16 bits per heavy atom. The first-order valence-corrected chi connectivity index (χ1v) is 10.1. The summed E-state index contributed by atoms with van der Waals surface area (Å²) in [6.07, 6.45) is 10.6. The summed E-state index contributed by atoms with van der Waals surface area (Å²) < 4.78 is 0. The van der Waals surface area contributed by atoms with Gasteiger partial charge in [0.2, 0.25) is 5.91 Å². The Bertz CT molecular complexity index is 755. The lowest BCUT2D eigenvalue weighted by Gasteiger charge is -2.24. The van der Waals surface area contributed by atoms with Crippen molar-refractivity contribution >= 4 is 16.8 Å². The van der Waals surface area contributed by atoms with Gasteiger partial charge in [0.25, 0.3) is 0 Å². The molecule has 1 N–H and O–H groups in total. The van der Waals surface area contributed by atoms with E-state index in [2.05, 4.69) is 35.0 Å².